The molecule has 0 radical (unpaired) electrons. The van der Waals surface area contributed by atoms with Crippen molar-refractivity contribution in [2.45, 2.75) is 45.8 Å². The van der Waals surface area contributed by atoms with Gasteiger partial charge < -0.3 is 19.3 Å². The Hall–Kier alpha value is -1.74. The van der Waals surface area contributed by atoms with Crippen LogP contribution in [0.2, 0.25) is 0 Å². The highest BCUT2D eigenvalue weighted by atomic mass is 31.2. The fraction of sp³-hybridized carbons (Fsp3) is 0.688. The van der Waals surface area contributed by atoms with Crippen LogP contribution in [0.15, 0.2) is 12.2 Å². The SMILES string of the molecule is C=C(CC(O)CN1C(=O)N(CP(=O)(OCC)OCC)C(C)(C)C1=O)C(=O)O. The Labute approximate surface area is 158 Å². The van der Waals surface area contributed by atoms with E-state index >= 15 is 0 Å². The van der Waals surface area contributed by atoms with Gasteiger partial charge in [0.1, 0.15) is 11.8 Å². The molecule has 11 heteroatoms. The Morgan fingerprint density at radius 1 is 1.26 bits per heavy atom. The number of carbonyl (C=O) groups is 3. The number of aliphatic hydroxyl groups is 1. The molecule has 1 aliphatic heterocycles. The fourth-order valence-corrected chi connectivity index (χ4v) is 4.49. The van der Waals surface area contributed by atoms with E-state index < -0.39 is 50.0 Å². The highest BCUT2D eigenvalue weighted by Gasteiger charge is 2.53. The van der Waals surface area contributed by atoms with Crippen LogP contribution in [0.1, 0.15) is 34.1 Å². The third-order valence-electron chi connectivity index (χ3n) is 4.05. The number of hydrogen-bond donors (Lipinski definition) is 2. The summed E-state index contributed by atoms with van der Waals surface area (Å²) in [4.78, 5) is 38.1. The Kier molecular flexibility index (Phi) is 7.74. The molecule has 1 saturated heterocycles. The molecule has 1 rings (SSSR count). The molecule has 2 N–H and O–H groups in total. The number of urea groups is 1. The number of nitrogens with zero attached hydrogens (tertiary/aromatic N) is 2. The van der Waals surface area contributed by atoms with Gasteiger partial charge in [-0.15, -0.1) is 0 Å². The van der Waals surface area contributed by atoms with Crippen LogP contribution in [0.4, 0.5) is 4.79 Å². The van der Waals surface area contributed by atoms with Crippen molar-refractivity contribution in [3.05, 3.63) is 12.2 Å². The topological polar surface area (TPSA) is 134 Å². The number of rotatable bonds is 11. The molecule has 3 amide bonds. The number of amides is 3. The summed E-state index contributed by atoms with van der Waals surface area (Å²) in [5, 5.41) is 18.9. The summed E-state index contributed by atoms with van der Waals surface area (Å²) in [5.74, 6) is -1.88. The summed E-state index contributed by atoms with van der Waals surface area (Å²) in [6, 6.07) is -0.760. The van der Waals surface area contributed by atoms with E-state index in [1.54, 1.807) is 13.8 Å². The van der Waals surface area contributed by atoms with Gasteiger partial charge in [-0.1, -0.05) is 6.58 Å². The largest absolute Gasteiger partial charge is 0.478 e. The number of β-amino-alcohol motifs (C(OH)–C–C–N with tert-alkyl or cyclic N) is 1. The van der Waals surface area contributed by atoms with Crippen molar-refractivity contribution >= 4 is 25.5 Å². The van der Waals surface area contributed by atoms with E-state index in [-0.39, 0.29) is 25.2 Å². The molecule has 0 bridgehead atoms. The first-order chi connectivity index (χ1) is 12.4. The van der Waals surface area contributed by atoms with Crippen molar-refractivity contribution in [2.75, 3.05) is 26.0 Å². The molecule has 1 unspecified atom stereocenters. The highest BCUT2D eigenvalue weighted by Crippen LogP contribution is 2.50. The van der Waals surface area contributed by atoms with E-state index in [0.29, 0.717) is 0 Å². The molecular formula is C16H27N2O8P. The first-order valence-corrected chi connectivity index (χ1v) is 10.2. The molecule has 0 aromatic carbocycles. The minimum atomic E-state index is -3.64. The summed E-state index contributed by atoms with van der Waals surface area (Å²) in [6.07, 6.45) is -2.01. The highest BCUT2D eigenvalue weighted by molar-refractivity contribution is 7.53. The lowest BCUT2D eigenvalue weighted by Gasteiger charge is -2.30. The predicted octanol–water partition coefficient (Wildman–Crippen LogP) is 1.64. The minimum absolute atomic E-state index is 0.105. The Balaban J connectivity index is 2.99. The van der Waals surface area contributed by atoms with Crippen LogP contribution >= 0.6 is 7.60 Å². The van der Waals surface area contributed by atoms with Gasteiger partial charge in [-0.05, 0) is 27.7 Å². The van der Waals surface area contributed by atoms with Crippen LogP contribution < -0.4 is 0 Å². The van der Waals surface area contributed by atoms with Crippen LogP contribution in [-0.4, -0.2) is 75.6 Å². The van der Waals surface area contributed by atoms with Crippen LogP contribution in [0.5, 0.6) is 0 Å². The second kappa shape index (κ2) is 8.97. The van der Waals surface area contributed by atoms with E-state index in [2.05, 4.69) is 6.58 Å². The number of hydrogen-bond acceptors (Lipinski definition) is 7. The zero-order valence-electron chi connectivity index (χ0n) is 16.0. The van der Waals surface area contributed by atoms with Gasteiger partial charge in [0.05, 0.1) is 25.9 Å². The number of carbonyl (C=O) groups excluding carboxylic acids is 2. The fourth-order valence-electron chi connectivity index (χ4n) is 2.65. The number of imide groups is 1. The maximum atomic E-state index is 12.8. The van der Waals surface area contributed by atoms with Gasteiger partial charge in [0.25, 0.3) is 5.91 Å². The minimum Gasteiger partial charge on any atom is -0.478 e. The van der Waals surface area contributed by atoms with Crippen molar-refractivity contribution in [3.8, 4) is 0 Å². The van der Waals surface area contributed by atoms with Crippen molar-refractivity contribution in [3.63, 3.8) is 0 Å². The molecule has 1 atom stereocenters. The van der Waals surface area contributed by atoms with E-state index in [0.717, 1.165) is 9.80 Å². The average molecular weight is 406 g/mol. The van der Waals surface area contributed by atoms with Crippen LogP contribution in [0, 0.1) is 0 Å². The third-order valence-corrected chi connectivity index (χ3v) is 5.98. The standard InChI is InChI=1S/C16H27N2O8P/c1-6-25-27(24,26-7-2)10-18-15(23)17(14(22)16(18,4)5)9-12(19)8-11(3)13(20)21/h12,19H,3,6-10H2,1-2,4-5H3,(H,20,21). The van der Waals surface area contributed by atoms with Crippen LogP contribution in [0.3, 0.4) is 0 Å². The van der Waals surface area contributed by atoms with Crippen molar-refractivity contribution in [1.29, 1.82) is 0 Å². The van der Waals surface area contributed by atoms with E-state index in [4.69, 9.17) is 14.2 Å². The zero-order valence-corrected chi connectivity index (χ0v) is 16.9. The second-order valence-corrected chi connectivity index (χ2v) is 8.56. The molecular weight excluding hydrogens is 379 g/mol. The number of aliphatic carboxylic acids is 1. The lowest BCUT2D eigenvalue weighted by Crippen LogP contribution is -2.45. The summed E-state index contributed by atoms with van der Waals surface area (Å²) < 4.78 is 23.1. The lowest BCUT2D eigenvalue weighted by molar-refractivity contribution is -0.133. The molecule has 0 saturated carbocycles. The first-order valence-electron chi connectivity index (χ1n) is 8.50. The monoisotopic (exact) mass is 406 g/mol. The molecule has 27 heavy (non-hydrogen) atoms. The molecule has 10 nitrogen and oxygen atoms in total. The quantitative estimate of drug-likeness (QED) is 0.301. The van der Waals surface area contributed by atoms with Crippen molar-refractivity contribution in [1.82, 2.24) is 9.80 Å². The predicted molar refractivity (Wildman–Crippen MR) is 96.2 cm³/mol. The molecule has 0 aromatic heterocycles. The van der Waals surface area contributed by atoms with Gasteiger partial charge in [0.15, 0.2) is 0 Å². The molecule has 0 aromatic rings. The number of aliphatic hydroxyl groups excluding tert-OH is 1. The molecule has 0 spiro atoms. The summed E-state index contributed by atoms with van der Waals surface area (Å²) in [6.45, 7) is 9.35. The van der Waals surface area contributed by atoms with Crippen LogP contribution in [-0.2, 0) is 23.2 Å². The Bertz CT molecular complexity index is 653. The van der Waals surface area contributed by atoms with Crippen LogP contribution in [0.25, 0.3) is 0 Å². The van der Waals surface area contributed by atoms with Crippen molar-refractivity contribution < 1.29 is 38.2 Å². The molecule has 1 fully saturated rings. The maximum Gasteiger partial charge on any atom is 0.349 e. The van der Waals surface area contributed by atoms with Gasteiger partial charge in [0.2, 0.25) is 0 Å². The van der Waals surface area contributed by atoms with Gasteiger partial charge in [-0.2, -0.15) is 0 Å². The van der Waals surface area contributed by atoms with Crippen molar-refractivity contribution in [2.24, 2.45) is 0 Å². The maximum absolute atomic E-state index is 12.8. The normalized spacial score (nSPS) is 18.1. The number of carboxylic acid groups (broad SMARTS) is 1. The smallest absolute Gasteiger partial charge is 0.349 e. The Morgan fingerprint density at radius 2 is 1.78 bits per heavy atom. The van der Waals surface area contributed by atoms with Gasteiger partial charge in [0, 0.05) is 12.0 Å². The average Bonchev–Trinajstić information content (AvgIpc) is 2.70. The zero-order chi connectivity index (χ0) is 21.0. The van der Waals surface area contributed by atoms with E-state index in [9.17, 15) is 24.1 Å². The van der Waals surface area contributed by atoms with Gasteiger partial charge >= 0.3 is 19.6 Å². The van der Waals surface area contributed by atoms with Gasteiger partial charge in [-0.25, -0.2) is 9.59 Å². The third kappa shape index (κ3) is 5.38. The molecule has 0 aliphatic carbocycles. The molecule has 154 valence electrons. The van der Waals surface area contributed by atoms with Gasteiger partial charge in [-0.3, -0.25) is 19.2 Å². The summed E-state index contributed by atoms with van der Waals surface area (Å²) in [7, 11) is -3.64. The molecule has 1 heterocycles. The summed E-state index contributed by atoms with van der Waals surface area (Å²) in [5.41, 5.74) is -1.57. The van der Waals surface area contributed by atoms with E-state index in [1.165, 1.54) is 13.8 Å². The second-order valence-electron chi connectivity index (χ2n) is 6.54. The Morgan fingerprint density at radius 3 is 2.22 bits per heavy atom. The number of carboxylic acids is 1. The van der Waals surface area contributed by atoms with E-state index in [1.807, 2.05) is 0 Å². The lowest BCUT2D eigenvalue weighted by atomic mass is 10.0. The molecule has 1 aliphatic rings. The summed E-state index contributed by atoms with van der Waals surface area (Å²) >= 11 is 0. The first kappa shape index (κ1) is 23.3.